The molecule has 0 aliphatic carbocycles. The lowest BCUT2D eigenvalue weighted by Crippen LogP contribution is -2.38. The molecule has 1 amide bonds. The lowest BCUT2D eigenvalue weighted by molar-refractivity contribution is -0.121. The van der Waals surface area contributed by atoms with E-state index < -0.39 is 0 Å². The molecule has 3 aromatic rings. The molecule has 1 fully saturated rings. The number of morpholine rings is 1. The molecule has 0 bridgehead atoms. The first-order chi connectivity index (χ1) is 15.0. The maximum Gasteiger partial charge on any atom is 0.252 e. The Morgan fingerprint density at radius 2 is 1.90 bits per heavy atom. The zero-order chi connectivity index (χ0) is 21.8. The molecule has 1 aliphatic rings. The number of para-hydroxylation sites is 1. The molecule has 0 unspecified atom stereocenters. The fourth-order valence-corrected chi connectivity index (χ4v) is 4.12. The van der Waals surface area contributed by atoms with E-state index in [1.54, 1.807) is 10.7 Å². The van der Waals surface area contributed by atoms with Gasteiger partial charge in [-0.25, -0.2) is 4.68 Å². The number of amides is 1. The number of rotatable bonds is 7. The molecular formula is C23H29N5O3. The Morgan fingerprint density at radius 3 is 2.65 bits per heavy atom. The SMILES string of the molecule is Cc1cc(=O)n(CC(=O)NCCCN2CCOCC2)c2c1c(C)nn2-c1ccccc1. The average Bonchev–Trinajstić information content (AvgIpc) is 3.13. The number of ether oxygens (including phenoxy) is 1. The van der Waals surface area contributed by atoms with Gasteiger partial charge in [-0.2, -0.15) is 5.10 Å². The van der Waals surface area contributed by atoms with Crippen molar-refractivity contribution in [2.75, 3.05) is 39.4 Å². The highest BCUT2D eigenvalue weighted by molar-refractivity contribution is 5.85. The lowest BCUT2D eigenvalue weighted by Gasteiger charge is -2.26. The minimum absolute atomic E-state index is 0.0366. The van der Waals surface area contributed by atoms with Gasteiger partial charge in [0.15, 0.2) is 0 Å². The third-order valence-electron chi connectivity index (χ3n) is 5.67. The van der Waals surface area contributed by atoms with E-state index in [1.807, 2.05) is 44.2 Å². The van der Waals surface area contributed by atoms with Crippen LogP contribution in [-0.4, -0.2) is 64.5 Å². The van der Waals surface area contributed by atoms with Gasteiger partial charge in [-0.1, -0.05) is 18.2 Å². The van der Waals surface area contributed by atoms with Crippen molar-refractivity contribution < 1.29 is 9.53 Å². The molecule has 4 rings (SSSR count). The van der Waals surface area contributed by atoms with Gasteiger partial charge in [0.1, 0.15) is 12.2 Å². The molecule has 0 spiro atoms. The molecule has 0 atom stereocenters. The monoisotopic (exact) mass is 423 g/mol. The van der Waals surface area contributed by atoms with E-state index in [2.05, 4.69) is 15.3 Å². The van der Waals surface area contributed by atoms with E-state index in [0.29, 0.717) is 12.2 Å². The molecule has 8 nitrogen and oxygen atoms in total. The number of benzene rings is 1. The normalized spacial score (nSPS) is 14.8. The van der Waals surface area contributed by atoms with E-state index in [9.17, 15) is 9.59 Å². The topological polar surface area (TPSA) is 81.4 Å². The van der Waals surface area contributed by atoms with Gasteiger partial charge in [-0.3, -0.25) is 19.1 Å². The number of hydrogen-bond acceptors (Lipinski definition) is 5. The van der Waals surface area contributed by atoms with Gasteiger partial charge in [0.25, 0.3) is 5.56 Å². The van der Waals surface area contributed by atoms with Gasteiger partial charge < -0.3 is 10.1 Å². The summed E-state index contributed by atoms with van der Waals surface area (Å²) in [6, 6.07) is 11.3. The minimum atomic E-state index is -0.203. The lowest BCUT2D eigenvalue weighted by atomic mass is 10.1. The van der Waals surface area contributed by atoms with Gasteiger partial charge in [0.2, 0.25) is 5.91 Å². The largest absolute Gasteiger partial charge is 0.379 e. The summed E-state index contributed by atoms with van der Waals surface area (Å²) in [7, 11) is 0. The van der Waals surface area contributed by atoms with E-state index in [-0.39, 0.29) is 18.0 Å². The Hall–Kier alpha value is -2.97. The van der Waals surface area contributed by atoms with Crippen LogP contribution >= 0.6 is 0 Å². The van der Waals surface area contributed by atoms with Gasteiger partial charge in [0, 0.05) is 31.1 Å². The Labute approximate surface area is 181 Å². The molecular weight excluding hydrogens is 394 g/mol. The van der Waals surface area contributed by atoms with Crippen LogP contribution in [0.4, 0.5) is 0 Å². The van der Waals surface area contributed by atoms with Crippen LogP contribution in [0.3, 0.4) is 0 Å². The van der Waals surface area contributed by atoms with E-state index >= 15 is 0 Å². The van der Waals surface area contributed by atoms with Crippen LogP contribution in [-0.2, 0) is 16.1 Å². The molecule has 1 aromatic carbocycles. The highest BCUT2D eigenvalue weighted by Gasteiger charge is 2.18. The van der Waals surface area contributed by atoms with Gasteiger partial charge in [-0.15, -0.1) is 0 Å². The molecule has 0 radical (unpaired) electrons. The Morgan fingerprint density at radius 1 is 1.16 bits per heavy atom. The number of fused-ring (bicyclic) bond motifs is 1. The number of aryl methyl sites for hydroxylation is 2. The first kappa shape index (κ1) is 21.3. The van der Waals surface area contributed by atoms with E-state index in [0.717, 1.165) is 61.6 Å². The summed E-state index contributed by atoms with van der Waals surface area (Å²) in [5.74, 6) is -0.173. The molecule has 3 heterocycles. The third-order valence-corrected chi connectivity index (χ3v) is 5.67. The summed E-state index contributed by atoms with van der Waals surface area (Å²) >= 11 is 0. The Kier molecular flexibility index (Phi) is 6.48. The van der Waals surface area contributed by atoms with Crippen molar-refractivity contribution in [3.05, 3.63) is 58.0 Å². The second kappa shape index (κ2) is 9.45. The average molecular weight is 424 g/mol. The van der Waals surface area contributed by atoms with Crippen LogP contribution in [0.5, 0.6) is 0 Å². The highest BCUT2D eigenvalue weighted by Crippen LogP contribution is 2.23. The fourth-order valence-electron chi connectivity index (χ4n) is 4.12. The fraction of sp³-hybridized carbons (Fsp3) is 0.435. The number of pyridine rings is 1. The smallest absolute Gasteiger partial charge is 0.252 e. The van der Waals surface area contributed by atoms with Crippen molar-refractivity contribution in [1.82, 2.24) is 24.6 Å². The number of carbonyl (C=O) groups excluding carboxylic acids is 1. The summed E-state index contributed by atoms with van der Waals surface area (Å²) in [4.78, 5) is 27.8. The van der Waals surface area contributed by atoms with Crippen LogP contribution in [0.2, 0.25) is 0 Å². The Balaban J connectivity index is 1.53. The van der Waals surface area contributed by atoms with Crippen LogP contribution in [0.25, 0.3) is 16.7 Å². The van der Waals surface area contributed by atoms with Crippen molar-refractivity contribution in [2.24, 2.45) is 0 Å². The quantitative estimate of drug-likeness (QED) is 0.585. The minimum Gasteiger partial charge on any atom is -0.379 e. The first-order valence-corrected chi connectivity index (χ1v) is 10.8. The summed E-state index contributed by atoms with van der Waals surface area (Å²) in [5.41, 5.74) is 2.99. The summed E-state index contributed by atoms with van der Waals surface area (Å²) in [6.07, 6.45) is 0.866. The maximum atomic E-state index is 12.8. The molecule has 2 aromatic heterocycles. The predicted molar refractivity (Wildman–Crippen MR) is 120 cm³/mol. The van der Waals surface area contributed by atoms with Crippen molar-refractivity contribution in [3.63, 3.8) is 0 Å². The second-order valence-corrected chi connectivity index (χ2v) is 7.94. The highest BCUT2D eigenvalue weighted by atomic mass is 16.5. The summed E-state index contributed by atoms with van der Waals surface area (Å²) < 4.78 is 8.63. The van der Waals surface area contributed by atoms with Crippen molar-refractivity contribution in [3.8, 4) is 5.69 Å². The molecule has 1 aliphatic heterocycles. The molecule has 1 saturated heterocycles. The predicted octanol–water partition coefficient (Wildman–Crippen LogP) is 1.64. The van der Waals surface area contributed by atoms with E-state index in [4.69, 9.17) is 4.74 Å². The number of aromatic nitrogens is 3. The molecule has 8 heteroatoms. The number of nitrogens with one attached hydrogen (secondary N) is 1. The molecule has 164 valence electrons. The third kappa shape index (κ3) is 4.70. The molecule has 31 heavy (non-hydrogen) atoms. The first-order valence-electron chi connectivity index (χ1n) is 10.8. The molecule has 1 N–H and O–H groups in total. The standard InChI is InChI=1S/C23H29N5O3/c1-17-15-21(30)27(16-20(29)24-9-6-10-26-11-13-31-14-12-26)23-22(17)18(2)25-28(23)19-7-4-3-5-8-19/h3-5,7-8,15H,6,9-14,16H2,1-2H3,(H,24,29). The van der Waals surface area contributed by atoms with E-state index in [1.165, 1.54) is 4.57 Å². The van der Waals surface area contributed by atoms with Crippen LogP contribution < -0.4 is 10.9 Å². The number of carbonyl (C=O) groups is 1. The van der Waals surface area contributed by atoms with Gasteiger partial charge in [0.05, 0.1) is 24.6 Å². The maximum absolute atomic E-state index is 12.8. The second-order valence-electron chi connectivity index (χ2n) is 7.94. The van der Waals surface area contributed by atoms with Crippen LogP contribution in [0, 0.1) is 13.8 Å². The van der Waals surface area contributed by atoms with Gasteiger partial charge >= 0.3 is 0 Å². The zero-order valence-corrected chi connectivity index (χ0v) is 18.1. The van der Waals surface area contributed by atoms with Crippen molar-refractivity contribution >= 4 is 16.9 Å². The molecule has 0 saturated carbocycles. The Bertz CT molecular complexity index is 1110. The number of nitrogens with zero attached hydrogens (tertiary/aromatic N) is 4. The van der Waals surface area contributed by atoms with Crippen molar-refractivity contribution in [2.45, 2.75) is 26.8 Å². The summed E-state index contributed by atoms with van der Waals surface area (Å²) in [5, 5.41) is 8.53. The van der Waals surface area contributed by atoms with Gasteiger partial charge in [-0.05, 0) is 44.5 Å². The zero-order valence-electron chi connectivity index (χ0n) is 18.1. The summed E-state index contributed by atoms with van der Waals surface area (Å²) in [6.45, 7) is 8.72. The number of hydrogen-bond donors (Lipinski definition) is 1. The van der Waals surface area contributed by atoms with Crippen LogP contribution in [0.15, 0.2) is 41.2 Å². The van der Waals surface area contributed by atoms with Crippen LogP contribution in [0.1, 0.15) is 17.7 Å². The van der Waals surface area contributed by atoms with Crippen molar-refractivity contribution in [1.29, 1.82) is 0 Å².